The molecule has 0 fully saturated rings. The molecule has 18 heavy (non-hydrogen) atoms. The molecule has 2 rings (SSSR count). The fraction of sp³-hybridized carbons (Fsp3) is 0.182. The third-order valence-electron chi connectivity index (χ3n) is 2.32. The largest absolute Gasteiger partial charge is 0.496 e. The van der Waals surface area contributed by atoms with Crippen LogP contribution in [0.4, 0.5) is 11.9 Å². The molecule has 1 aromatic carbocycles. The molecule has 0 unspecified atom stereocenters. The van der Waals surface area contributed by atoms with Gasteiger partial charge in [0.15, 0.2) is 5.82 Å². The molecule has 0 atom stereocenters. The van der Waals surface area contributed by atoms with Gasteiger partial charge in [0.2, 0.25) is 11.9 Å². The summed E-state index contributed by atoms with van der Waals surface area (Å²) in [6.45, 7) is 0. The highest BCUT2D eigenvalue weighted by molar-refractivity contribution is 5.72. The Hall–Kier alpha value is -2.57. The van der Waals surface area contributed by atoms with Crippen LogP contribution in [0, 0.1) is 0 Å². The first-order valence-electron chi connectivity index (χ1n) is 5.14. The molecular weight excluding hydrogens is 234 g/mol. The summed E-state index contributed by atoms with van der Waals surface area (Å²) in [6.07, 6.45) is 0. The summed E-state index contributed by atoms with van der Waals surface area (Å²) in [6, 6.07) is 5.34. The average Bonchev–Trinajstić information content (AvgIpc) is 2.36. The van der Waals surface area contributed by atoms with Crippen LogP contribution in [-0.4, -0.2) is 29.2 Å². The normalized spacial score (nSPS) is 10.1. The fourth-order valence-corrected chi connectivity index (χ4v) is 1.59. The van der Waals surface area contributed by atoms with Crippen molar-refractivity contribution in [3.8, 4) is 22.9 Å². The molecule has 1 aromatic heterocycles. The zero-order chi connectivity index (χ0) is 13.1. The maximum atomic E-state index is 5.56. The highest BCUT2D eigenvalue weighted by Gasteiger charge is 2.16. The fourth-order valence-electron chi connectivity index (χ4n) is 1.59. The minimum atomic E-state index is 0.0467. The van der Waals surface area contributed by atoms with Crippen LogP contribution in [0.25, 0.3) is 11.4 Å². The second-order valence-electron chi connectivity index (χ2n) is 3.41. The molecule has 0 bridgehead atoms. The first-order valence-corrected chi connectivity index (χ1v) is 5.14. The van der Waals surface area contributed by atoms with E-state index in [2.05, 4.69) is 15.0 Å². The topological polar surface area (TPSA) is 109 Å². The van der Waals surface area contributed by atoms with Crippen LogP contribution < -0.4 is 20.9 Å². The maximum Gasteiger partial charge on any atom is 0.225 e. The lowest BCUT2D eigenvalue weighted by Gasteiger charge is -2.11. The lowest BCUT2D eigenvalue weighted by atomic mass is 10.1. The summed E-state index contributed by atoms with van der Waals surface area (Å²) in [4.78, 5) is 11.8. The number of nitrogens with two attached hydrogens (primary N) is 2. The van der Waals surface area contributed by atoms with E-state index in [0.29, 0.717) is 22.9 Å². The van der Waals surface area contributed by atoms with Gasteiger partial charge >= 0.3 is 0 Å². The monoisotopic (exact) mass is 247 g/mol. The predicted molar refractivity (Wildman–Crippen MR) is 67.2 cm³/mol. The number of hydrogen-bond donors (Lipinski definition) is 2. The SMILES string of the molecule is COc1cccc(OC)c1-c1nc(N)nc(N)n1. The van der Waals surface area contributed by atoms with Gasteiger partial charge in [0.1, 0.15) is 17.1 Å². The summed E-state index contributed by atoms with van der Waals surface area (Å²) in [5, 5.41) is 0. The van der Waals surface area contributed by atoms with Crippen LogP contribution >= 0.6 is 0 Å². The van der Waals surface area contributed by atoms with Crippen molar-refractivity contribution in [1.82, 2.24) is 15.0 Å². The summed E-state index contributed by atoms with van der Waals surface area (Å²) >= 11 is 0. The number of rotatable bonds is 3. The Morgan fingerprint density at radius 1 is 0.889 bits per heavy atom. The molecule has 0 aliphatic carbocycles. The van der Waals surface area contributed by atoms with Gasteiger partial charge in [0.25, 0.3) is 0 Å². The van der Waals surface area contributed by atoms with Crippen LogP contribution in [-0.2, 0) is 0 Å². The first kappa shape index (κ1) is 11.9. The molecule has 0 amide bonds. The van der Waals surface area contributed by atoms with Gasteiger partial charge in [-0.25, -0.2) is 0 Å². The standard InChI is InChI=1S/C11H13N5O2/c1-17-6-4-3-5-7(18-2)8(6)9-14-10(12)16-11(13)15-9/h3-5H,1-2H3,(H4,12,13,14,15,16). The summed E-state index contributed by atoms with van der Waals surface area (Å²) < 4.78 is 10.5. The molecule has 4 N–H and O–H groups in total. The van der Waals surface area contributed by atoms with Gasteiger partial charge in [0, 0.05) is 0 Å². The van der Waals surface area contributed by atoms with Crippen molar-refractivity contribution >= 4 is 11.9 Å². The van der Waals surface area contributed by atoms with E-state index >= 15 is 0 Å². The van der Waals surface area contributed by atoms with Gasteiger partial charge in [-0.15, -0.1) is 0 Å². The van der Waals surface area contributed by atoms with Gasteiger partial charge in [-0.05, 0) is 12.1 Å². The van der Waals surface area contributed by atoms with Crippen LogP contribution in [0.1, 0.15) is 0 Å². The molecule has 0 aliphatic rings. The van der Waals surface area contributed by atoms with Crippen molar-refractivity contribution in [3.63, 3.8) is 0 Å². The Labute approximate surface area is 104 Å². The van der Waals surface area contributed by atoms with Crippen molar-refractivity contribution in [2.24, 2.45) is 0 Å². The summed E-state index contributed by atoms with van der Waals surface area (Å²) in [7, 11) is 3.10. The Balaban J connectivity index is 2.68. The van der Waals surface area contributed by atoms with Gasteiger partial charge in [-0.3, -0.25) is 0 Å². The van der Waals surface area contributed by atoms with E-state index in [4.69, 9.17) is 20.9 Å². The Morgan fingerprint density at radius 2 is 1.39 bits per heavy atom. The van der Waals surface area contributed by atoms with Crippen molar-refractivity contribution in [2.45, 2.75) is 0 Å². The molecule has 0 saturated carbocycles. The Bertz CT molecular complexity index is 531. The summed E-state index contributed by atoms with van der Waals surface area (Å²) in [5.74, 6) is 1.55. The smallest absolute Gasteiger partial charge is 0.225 e. The van der Waals surface area contributed by atoms with E-state index < -0.39 is 0 Å². The average molecular weight is 247 g/mol. The van der Waals surface area contributed by atoms with Crippen LogP contribution in [0.5, 0.6) is 11.5 Å². The number of ether oxygens (including phenoxy) is 2. The van der Waals surface area contributed by atoms with Gasteiger partial charge in [-0.1, -0.05) is 6.07 Å². The third kappa shape index (κ3) is 2.10. The van der Waals surface area contributed by atoms with E-state index in [1.807, 2.05) is 0 Å². The zero-order valence-electron chi connectivity index (χ0n) is 10.0. The number of hydrogen-bond acceptors (Lipinski definition) is 7. The number of nitrogen functional groups attached to an aromatic ring is 2. The second kappa shape index (κ2) is 4.74. The van der Waals surface area contributed by atoms with E-state index in [9.17, 15) is 0 Å². The van der Waals surface area contributed by atoms with Crippen LogP contribution in [0.3, 0.4) is 0 Å². The van der Waals surface area contributed by atoms with E-state index in [1.54, 1.807) is 32.4 Å². The zero-order valence-corrected chi connectivity index (χ0v) is 10.0. The molecule has 0 radical (unpaired) electrons. The van der Waals surface area contributed by atoms with Crippen molar-refractivity contribution < 1.29 is 9.47 Å². The number of anilines is 2. The minimum absolute atomic E-state index is 0.0467. The molecule has 2 aromatic rings. The van der Waals surface area contributed by atoms with Crippen LogP contribution in [0.15, 0.2) is 18.2 Å². The van der Waals surface area contributed by atoms with Gasteiger partial charge in [0.05, 0.1) is 14.2 Å². The quantitative estimate of drug-likeness (QED) is 0.822. The molecule has 0 aliphatic heterocycles. The number of methoxy groups -OCH3 is 2. The Morgan fingerprint density at radius 3 is 1.83 bits per heavy atom. The van der Waals surface area contributed by atoms with Crippen molar-refractivity contribution in [3.05, 3.63) is 18.2 Å². The van der Waals surface area contributed by atoms with Gasteiger partial charge in [-0.2, -0.15) is 15.0 Å². The van der Waals surface area contributed by atoms with Crippen molar-refractivity contribution in [1.29, 1.82) is 0 Å². The lowest BCUT2D eigenvalue weighted by molar-refractivity contribution is 0.397. The second-order valence-corrected chi connectivity index (χ2v) is 3.41. The molecule has 0 saturated heterocycles. The highest BCUT2D eigenvalue weighted by Crippen LogP contribution is 2.36. The predicted octanol–water partition coefficient (Wildman–Crippen LogP) is 0.720. The van der Waals surface area contributed by atoms with Gasteiger partial charge < -0.3 is 20.9 Å². The molecular formula is C11H13N5O2. The number of nitrogens with zero attached hydrogens (tertiary/aromatic N) is 3. The molecule has 1 heterocycles. The number of benzene rings is 1. The molecule has 7 heteroatoms. The van der Waals surface area contributed by atoms with Crippen LogP contribution in [0.2, 0.25) is 0 Å². The minimum Gasteiger partial charge on any atom is -0.496 e. The first-order chi connectivity index (χ1) is 8.65. The third-order valence-corrected chi connectivity index (χ3v) is 2.32. The lowest BCUT2D eigenvalue weighted by Crippen LogP contribution is -2.05. The molecule has 7 nitrogen and oxygen atoms in total. The highest BCUT2D eigenvalue weighted by atomic mass is 16.5. The Kier molecular flexibility index (Phi) is 3.13. The number of aromatic nitrogens is 3. The maximum absolute atomic E-state index is 5.56. The summed E-state index contributed by atoms with van der Waals surface area (Å²) in [5.41, 5.74) is 11.7. The molecule has 94 valence electrons. The van der Waals surface area contributed by atoms with E-state index in [0.717, 1.165) is 0 Å². The molecule has 0 spiro atoms. The van der Waals surface area contributed by atoms with E-state index in [1.165, 1.54) is 0 Å². The van der Waals surface area contributed by atoms with Crippen molar-refractivity contribution in [2.75, 3.05) is 25.7 Å². The van der Waals surface area contributed by atoms with E-state index in [-0.39, 0.29) is 11.9 Å².